The lowest BCUT2D eigenvalue weighted by Gasteiger charge is -2.12. The van der Waals surface area contributed by atoms with Crippen molar-refractivity contribution in [2.24, 2.45) is 5.73 Å². The number of fused-ring (bicyclic) bond motifs is 1. The van der Waals surface area contributed by atoms with E-state index >= 15 is 0 Å². The molecule has 0 radical (unpaired) electrons. The van der Waals surface area contributed by atoms with Crippen LogP contribution in [-0.2, 0) is 6.42 Å². The third kappa shape index (κ3) is 1.37. The van der Waals surface area contributed by atoms with Gasteiger partial charge in [-0.05, 0) is 35.4 Å². The maximum absolute atomic E-state index is 6.02. The van der Waals surface area contributed by atoms with Gasteiger partial charge in [0.05, 0.1) is 0 Å². The van der Waals surface area contributed by atoms with Crippen molar-refractivity contribution < 1.29 is 0 Å². The third-order valence-electron chi connectivity index (χ3n) is 2.98. The first-order valence-corrected chi connectivity index (χ1v) is 5.07. The van der Waals surface area contributed by atoms with Crippen LogP contribution >= 0.6 is 0 Å². The van der Waals surface area contributed by atoms with Crippen LogP contribution in [0.5, 0.6) is 0 Å². The molecule has 0 saturated carbocycles. The van der Waals surface area contributed by atoms with Crippen LogP contribution in [0.25, 0.3) is 0 Å². The zero-order valence-electron chi connectivity index (χ0n) is 8.38. The Bertz CT molecular complexity index is 315. The Morgan fingerprint density at radius 3 is 2.85 bits per heavy atom. The second kappa shape index (κ2) is 3.15. The molecule has 1 aliphatic carbocycles. The second-order valence-electron chi connectivity index (χ2n) is 4.21. The predicted octanol–water partition coefficient (Wildman–Crippen LogP) is 2.76. The van der Waals surface area contributed by atoms with Gasteiger partial charge >= 0.3 is 0 Å². The molecule has 0 unspecified atom stereocenters. The molecule has 0 aliphatic heterocycles. The molecule has 0 spiro atoms. The zero-order chi connectivity index (χ0) is 9.42. The van der Waals surface area contributed by atoms with E-state index in [9.17, 15) is 0 Å². The Hall–Kier alpha value is -0.820. The molecule has 0 aromatic heterocycles. The number of rotatable bonds is 1. The van der Waals surface area contributed by atoms with Gasteiger partial charge in [0.15, 0.2) is 0 Å². The van der Waals surface area contributed by atoms with Crippen LogP contribution in [0, 0.1) is 0 Å². The molecule has 1 atom stereocenters. The minimum Gasteiger partial charge on any atom is -0.324 e. The van der Waals surface area contributed by atoms with E-state index in [1.165, 1.54) is 23.1 Å². The molecule has 1 nitrogen and oxygen atoms in total. The fraction of sp³-hybridized carbons (Fsp3) is 0.500. The summed E-state index contributed by atoms with van der Waals surface area (Å²) in [7, 11) is 0. The average Bonchev–Trinajstić information content (AvgIpc) is 2.48. The van der Waals surface area contributed by atoms with E-state index in [0.717, 1.165) is 6.42 Å². The number of benzene rings is 1. The van der Waals surface area contributed by atoms with Crippen molar-refractivity contribution in [3.05, 3.63) is 34.9 Å². The van der Waals surface area contributed by atoms with Crippen molar-refractivity contribution in [3.63, 3.8) is 0 Å². The van der Waals surface area contributed by atoms with Gasteiger partial charge in [-0.3, -0.25) is 0 Å². The van der Waals surface area contributed by atoms with E-state index in [0.29, 0.717) is 5.92 Å². The van der Waals surface area contributed by atoms with Crippen LogP contribution in [0.3, 0.4) is 0 Å². The lowest BCUT2D eigenvalue weighted by atomic mass is 9.94. The van der Waals surface area contributed by atoms with Crippen LogP contribution in [0.15, 0.2) is 18.2 Å². The number of nitrogens with two attached hydrogens (primary N) is 1. The highest BCUT2D eigenvalue weighted by molar-refractivity contribution is 5.42. The lowest BCUT2D eigenvalue weighted by molar-refractivity contribution is 0.712. The molecule has 0 bridgehead atoms. The third-order valence-corrected chi connectivity index (χ3v) is 2.98. The Kier molecular flexibility index (Phi) is 2.12. The van der Waals surface area contributed by atoms with Gasteiger partial charge in [0, 0.05) is 6.04 Å². The summed E-state index contributed by atoms with van der Waals surface area (Å²) >= 11 is 0. The van der Waals surface area contributed by atoms with Crippen LogP contribution < -0.4 is 5.73 Å². The Morgan fingerprint density at radius 2 is 2.15 bits per heavy atom. The number of hydrogen-bond donors (Lipinski definition) is 1. The first kappa shape index (κ1) is 8.76. The van der Waals surface area contributed by atoms with Crippen molar-refractivity contribution >= 4 is 0 Å². The van der Waals surface area contributed by atoms with E-state index in [2.05, 4.69) is 32.0 Å². The summed E-state index contributed by atoms with van der Waals surface area (Å²) in [6.45, 7) is 4.50. The van der Waals surface area contributed by atoms with Gasteiger partial charge in [-0.1, -0.05) is 32.0 Å². The first-order chi connectivity index (χ1) is 6.20. The lowest BCUT2D eigenvalue weighted by Crippen LogP contribution is -2.05. The summed E-state index contributed by atoms with van der Waals surface area (Å²) in [4.78, 5) is 0. The van der Waals surface area contributed by atoms with Crippen molar-refractivity contribution in [3.8, 4) is 0 Å². The van der Waals surface area contributed by atoms with Gasteiger partial charge in [0.1, 0.15) is 0 Å². The Balaban J connectivity index is 2.51. The summed E-state index contributed by atoms with van der Waals surface area (Å²) in [6, 6.07) is 6.84. The van der Waals surface area contributed by atoms with Crippen molar-refractivity contribution in [1.82, 2.24) is 0 Å². The molecule has 2 N–H and O–H groups in total. The Labute approximate surface area is 80.0 Å². The normalized spacial score (nSPS) is 20.8. The molecule has 2 rings (SSSR count). The van der Waals surface area contributed by atoms with Gasteiger partial charge in [0.25, 0.3) is 0 Å². The van der Waals surface area contributed by atoms with E-state index in [4.69, 9.17) is 5.73 Å². The van der Waals surface area contributed by atoms with Crippen molar-refractivity contribution in [2.75, 3.05) is 0 Å². The van der Waals surface area contributed by atoms with Crippen molar-refractivity contribution in [1.29, 1.82) is 0 Å². The van der Waals surface area contributed by atoms with Crippen LogP contribution in [-0.4, -0.2) is 0 Å². The standard InChI is InChI=1S/C12H17N/c1-8(2)9-4-3-5-11-10(9)6-7-12(11)13/h3-5,8,12H,6-7,13H2,1-2H3/t12-/m0/s1. The molecular formula is C12H17N. The molecule has 0 fully saturated rings. The minimum atomic E-state index is 0.286. The number of hydrogen-bond acceptors (Lipinski definition) is 1. The fourth-order valence-electron chi connectivity index (χ4n) is 2.26. The molecule has 70 valence electrons. The predicted molar refractivity (Wildman–Crippen MR) is 55.8 cm³/mol. The molecule has 1 aromatic carbocycles. The van der Waals surface area contributed by atoms with Crippen molar-refractivity contribution in [2.45, 2.75) is 38.6 Å². The zero-order valence-corrected chi connectivity index (χ0v) is 8.38. The molecular weight excluding hydrogens is 158 g/mol. The smallest absolute Gasteiger partial charge is 0.0300 e. The molecule has 13 heavy (non-hydrogen) atoms. The maximum atomic E-state index is 6.02. The fourth-order valence-corrected chi connectivity index (χ4v) is 2.26. The highest BCUT2D eigenvalue weighted by Gasteiger charge is 2.21. The van der Waals surface area contributed by atoms with Gasteiger partial charge in [-0.2, -0.15) is 0 Å². The van der Waals surface area contributed by atoms with Gasteiger partial charge < -0.3 is 5.73 Å². The minimum absolute atomic E-state index is 0.286. The van der Waals surface area contributed by atoms with Crippen LogP contribution in [0.4, 0.5) is 0 Å². The summed E-state index contributed by atoms with van der Waals surface area (Å²) < 4.78 is 0. The van der Waals surface area contributed by atoms with E-state index < -0.39 is 0 Å². The highest BCUT2D eigenvalue weighted by atomic mass is 14.6. The molecule has 0 saturated heterocycles. The van der Waals surface area contributed by atoms with E-state index in [1.54, 1.807) is 0 Å². The quantitative estimate of drug-likeness (QED) is 0.697. The monoisotopic (exact) mass is 175 g/mol. The molecule has 1 aliphatic rings. The molecule has 0 heterocycles. The summed E-state index contributed by atoms with van der Waals surface area (Å²) in [5.41, 5.74) is 10.4. The van der Waals surface area contributed by atoms with Gasteiger partial charge in [-0.15, -0.1) is 0 Å². The summed E-state index contributed by atoms with van der Waals surface area (Å²) in [5.74, 6) is 0.625. The van der Waals surface area contributed by atoms with Gasteiger partial charge in [-0.25, -0.2) is 0 Å². The Morgan fingerprint density at radius 1 is 1.38 bits per heavy atom. The largest absolute Gasteiger partial charge is 0.324 e. The highest BCUT2D eigenvalue weighted by Crippen LogP contribution is 2.34. The van der Waals surface area contributed by atoms with E-state index in [1.807, 2.05) is 0 Å². The topological polar surface area (TPSA) is 26.0 Å². The van der Waals surface area contributed by atoms with Crippen LogP contribution in [0.2, 0.25) is 0 Å². The van der Waals surface area contributed by atoms with Crippen LogP contribution in [0.1, 0.15) is 48.9 Å². The molecule has 0 amide bonds. The molecule has 1 heteroatoms. The average molecular weight is 175 g/mol. The second-order valence-corrected chi connectivity index (χ2v) is 4.21. The van der Waals surface area contributed by atoms with Gasteiger partial charge in [0.2, 0.25) is 0 Å². The molecule has 1 aromatic rings. The van der Waals surface area contributed by atoms with E-state index in [-0.39, 0.29) is 6.04 Å². The first-order valence-electron chi connectivity index (χ1n) is 5.07. The summed E-state index contributed by atoms with van der Waals surface area (Å²) in [5, 5.41) is 0. The summed E-state index contributed by atoms with van der Waals surface area (Å²) in [6.07, 6.45) is 2.30. The SMILES string of the molecule is CC(C)c1cccc2c1CC[C@@H]2N. The maximum Gasteiger partial charge on any atom is 0.0300 e.